The summed E-state index contributed by atoms with van der Waals surface area (Å²) < 4.78 is 15.0. The van der Waals surface area contributed by atoms with Gasteiger partial charge in [0.25, 0.3) is 0 Å². The van der Waals surface area contributed by atoms with E-state index in [-0.39, 0.29) is 17.9 Å². The second kappa shape index (κ2) is 8.70. The van der Waals surface area contributed by atoms with Gasteiger partial charge in [-0.2, -0.15) is 0 Å². The van der Waals surface area contributed by atoms with Crippen molar-refractivity contribution in [2.75, 3.05) is 6.54 Å². The quantitative estimate of drug-likeness (QED) is 0.495. The smallest absolute Gasteiger partial charge is 0.123 e. The number of β-amino-alcohol motifs (C(OH)–C–C–N with tert-alkyl or cyclic N) is 1. The first kappa shape index (κ1) is 20.1. The standard InChI is InChI=1S/C24H23FN4OS/c25-19-10-8-17(9-11-19)21-15-29(27-26-21)23-13-22(18-5-2-1-3-6-18)28(16-24(23)30)14-20-7-4-12-31-20/h1-12,15,22-24,30H,13-14,16H2/t22-,23+,24-/m1/s1. The molecule has 1 fully saturated rings. The minimum absolute atomic E-state index is 0.162. The summed E-state index contributed by atoms with van der Waals surface area (Å²) in [6.45, 7) is 1.35. The second-order valence-electron chi connectivity index (χ2n) is 7.90. The van der Waals surface area contributed by atoms with Crippen molar-refractivity contribution in [1.29, 1.82) is 0 Å². The van der Waals surface area contributed by atoms with Gasteiger partial charge < -0.3 is 5.11 Å². The summed E-state index contributed by atoms with van der Waals surface area (Å²) in [5.41, 5.74) is 2.70. The maximum absolute atomic E-state index is 13.2. The molecule has 158 valence electrons. The third-order valence-corrected chi connectivity index (χ3v) is 6.75. The number of hydrogen-bond donors (Lipinski definition) is 1. The minimum Gasteiger partial charge on any atom is -0.390 e. The van der Waals surface area contributed by atoms with E-state index in [0.29, 0.717) is 12.2 Å². The van der Waals surface area contributed by atoms with Crippen LogP contribution < -0.4 is 0 Å². The van der Waals surface area contributed by atoms with E-state index in [0.717, 1.165) is 18.5 Å². The molecule has 7 heteroatoms. The number of aliphatic hydroxyl groups excluding tert-OH is 1. The number of piperidine rings is 1. The molecule has 31 heavy (non-hydrogen) atoms. The van der Waals surface area contributed by atoms with Gasteiger partial charge in [-0.05, 0) is 47.7 Å². The summed E-state index contributed by atoms with van der Waals surface area (Å²) in [6.07, 6.45) is 2.00. The Balaban J connectivity index is 1.42. The van der Waals surface area contributed by atoms with Gasteiger partial charge in [0.15, 0.2) is 0 Å². The Kier molecular flexibility index (Phi) is 5.63. The number of aliphatic hydroxyl groups is 1. The molecule has 5 rings (SSSR count). The van der Waals surface area contributed by atoms with E-state index in [1.54, 1.807) is 28.2 Å². The van der Waals surface area contributed by atoms with E-state index in [4.69, 9.17) is 0 Å². The summed E-state index contributed by atoms with van der Waals surface area (Å²) in [5.74, 6) is -0.282. The average molecular weight is 435 g/mol. The molecule has 3 heterocycles. The largest absolute Gasteiger partial charge is 0.390 e. The first-order valence-electron chi connectivity index (χ1n) is 10.3. The van der Waals surface area contributed by atoms with Crippen LogP contribution in [0.4, 0.5) is 4.39 Å². The van der Waals surface area contributed by atoms with Crippen LogP contribution in [0.3, 0.4) is 0 Å². The molecule has 0 spiro atoms. The maximum Gasteiger partial charge on any atom is 0.123 e. The Morgan fingerprint density at radius 2 is 1.84 bits per heavy atom. The molecule has 0 unspecified atom stereocenters. The summed E-state index contributed by atoms with van der Waals surface area (Å²) in [4.78, 5) is 3.63. The van der Waals surface area contributed by atoms with Crippen LogP contribution in [0, 0.1) is 5.82 Å². The molecule has 1 N–H and O–H groups in total. The van der Waals surface area contributed by atoms with Crippen molar-refractivity contribution in [2.45, 2.75) is 31.2 Å². The van der Waals surface area contributed by atoms with Crippen molar-refractivity contribution in [3.63, 3.8) is 0 Å². The Morgan fingerprint density at radius 1 is 1.03 bits per heavy atom. The van der Waals surface area contributed by atoms with Gasteiger partial charge in [0, 0.05) is 29.6 Å². The first-order valence-corrected chi connectivity index (χ1v) is 11.2. The van der Waals surface area contributed by atoms with Crippen molar-refractivity contribution in [1.82, 2.24) is 19.9 Å². The fourth-order valence-corrected chi connectivity index (χ4v) is 5.03. The maximum atomic E-state index is 13.2. The van der Waals surface area contributed by atoms with Gasteiger partial charge in [0.05, 0.1) is 18.3 Å². The molecule has 2 aromatic heterocycles. The molecule has 0 amide bonds. The highest BCUT2D eigenvalue weighted by Gasteiger charge is 2.37. The molecular formula is C24H23FN4OS. The zero-order chi connectivity index (χ0) is 21.2. The van der Waals surface area contributed by atoms with Crippen LogP contribution in [-0.4, -0.2) is 37.6 Å². The molecule has 2 aromatic carbocycles. The van der Waals surface area contributed by atoms with E-state index >= 15 is 0 Å². The molecule has 3 atom stereocenters. The molecule has 0 aliphatic carbocycles. The lowest BCUT2D eigenvalue weighted by Gasteiger charge is -2.42. The zero-order valence-corrected chi connectivity index (χ0v) is 17.7. The molecule has 1 aliphatic rings. The van der Waals surface area contributed by atoms with Crippen molar-refractivity contribution in [3.05, 3.63) is 94.6 Å². The van der Waals surface area contributed by atoms with E-state index in [9.17, 15) is 9.50 Å². The Labute approximate surface area is 184 Å². The third kappa shape index (κ3) is 4.30. The van der Waals surface area contributed by atoms with Gasteiger partial charge in [-0.25, -0.2) is 9.07 Å². The Bertz CT molecular complexity index is 1110. The monoisotopic (exact) mass is 434 g/mol. The molecule has 1 aliphatic heterocycles. The van der Waals surface area contributed by atoms with E-state index in [1.165, 1.54) is 22.6 Å². The van der Waals surface area contributed by atoms with Gasteiger partial charge in [-0.1, -0.05) is 41.6 Å². The summed E-state index contributed by atoms with van der Waals surface area (Å²) >= 11 is 1.74. The molecule has 0 bridgehead atoms. The summed E-state index contributed by atoms with van der Waals surface area (Å²) in [5, 5.41) is 21.7. The lowest BCUT2D eigenvalue weighted by molar-refractivity contribution is -0.0131. The first-order chi connectivity index (χ1) is 15.2. The average Bonchev–Trinajstić information content (AvgIpc) is 3.48. The number of rotatable bonds is 5. The van der Waals surface area contributed by atoms with Gasteiger partial charge in [0.2, 0.25) is 0 Å². The zero-order valence-electron chi connectivity index (χ0n) is 16.9. The fourth-order valence-electron chi connectivity index (χ4n) is 4.30. The van der Waals surface area contributed by atoms with Crippen LogP contribution >= 0.6 is 11.3 Å². The van der Waals surface area contributed by atoms with Gasteiger partial charge in [-0.3, -0.25) is 4.90 Å². The van der Waals surface area contributed by atoms with E-state index in [2.05, 4.69) is 57.0 Å². The molecular weight excluding hydrogens is 411 g/mol. The molecule has 5 nitrogen and oxygen atoms in total. The number of benzene rings is 2. The highest BCUT2D eigenvalue weighted by atomic mass is 32.1. The Hall–Kier alpha value is -2.87. The SMILES string of the molecule is O[C@@H]1CN(Cc2cccs2)[C@@H](c2ccccc2)C[C@@H]1n1cc(-c2ccc(F)cc2)nn1. The van der Waals surface area contributed by atoms with Crippen LogP contribution in [0.5, 0.6) is 0 Å². The van der Waals surface area contributed by atoms with Gasteiger partial charge >= 0.3 is 0 Å². The van der Waals surface area contributed by atoms with E-state index in [1.807, 2.05) is 12.3 Å². The van der Waals surface area contributed by atoms with Crippen molar-refractivity contribution in [3.8, 4) is 11.3 Å². The van der Waals surface area contributed by atoms with Gasteiger partial charge in [0.1, 0.15) is 11.5 Å². The summed E-state index contributed by atoms with van der Waals surface area (Å²) in [6, 6.07) is 20.8. The predicted octanol–water partition coefficient (Wildman–Crippen LogP) is 4.69. The second-order valence-corrected chi connectivity index (χ2v) is 8.93. The fraction of sp³-hybridized carbons (Fsp3) is 0.250. The highest BCUT2D eigenvalue weighted by Crippen LogP contribution is 2.38. The number of thiophene rings is 1. The van der Waals surface area contributed by atoms with Crippen molar-refractivity contribution < 1.29 is 9.50 Å². The number of nitrogens with zero attached hydrogens (tertiary/aromatic N) is 4. The number of likely N-dealkylation sites (tertiary alicyclic amines) is 1. The van der Waals surface area contributed by atoms with Crippen molar-refractivity contribution >= 4 is 11.3 Å². The van der Waals surface area contributed by atoms with E-state index < -0.39 is 6.10 Å². The molecule has 0 radical (unpaired) electrons. The molecule has 0 saturated carbocycles. The van der Waals surface area contributed by atoms with Crippen LogP contribution in [0.25, 0.3) is 11.3 Å². The van der Waals surface area contributed by atoms with Crippen LogP contribution in [0.2, 0.25) is 0 Å². The summed E-state index contributed by atoms with van der Waals surface area (Å²) in [7, 11) is 0. The lowest BCUT2D eigenvalue weighted by Crippen LogP contribution is -2.46. The number of halogens is 1. The predicted molar refractivity (Wildman–Crippen MR) is 119 cm³/mol. The van der Waals surface area contributed by atoms with Crippen LogP contribution in [0.1, 0.15) is 28.9 Å². The van der Waals surface area contributed by atoms with Crippen LogP contribution in [0.15, 0.2) is 78.3 Å². The normalized spacial score (nSPS) is 21.9. The third-order valence-electron chi connectivity index (χ3n) is 5.88. The van der Waals surface area contributed by atoms with Crippen LogP contribution in [-0.2, 0) is 6.54 Å². The highest BCUT2D eigenvalue weighted by molar-refractivity contribution is 7.09. The lowest BCUT2D eigenvalue weighted by atomic mass is 9.90. The molecule has 1 saturated heterocycles. The van der Waals surface area contributed by atoms with Crippen molar-refractivity contribution in [2.24, 2.45) is 0 Å². The molecule has 4 aromatic rings. The number of aromatic nitrogens is 3. The topological polar surface area (TPSA) is 54.2 Å². The minimum atomic E-state index is -0.567. The van der Waals surface area contributed by atoms with Gasteiger partial charge in [-0.15, -0.1) is 16.4 Å². The number of hydrogen-bond acceptors (Lipinski definition) is 5. The Morgan fingerprint density at radius 3 is 2.58 bits per heavy atom.